The Kier molecular flexibility index (Phi) is 11.5. The van der Waals surface area contributed by atoms with E-state index in [9.17, 15) is 14.4 Å². The Hall–Kier alpha value is -5.28. The van der Waals surface area contributed by atoms with Crippen LogP contribution in [-0.4, -0.2) is 61.9 Å². The average Bonchev–Trinajstić information content (AvgIpc) is 3.34. The highest BCUT2D eigenvalue weighted by molar-refractivity contribution is 6.32. The van der Waals surface area contributed by atoms with Crippen LogP contribution in [0.4, 0.5) is 18.4 Å². The largest absolute Gasteiger partial charge is 0.497 e. The summed E-state index contributed by atoms with van der Waals surface area (Å²) < 4.78 is 49.6. The predicted octanol–water partition coefficient (Wildman–Crippen LogP) is 7.11. The first-order valence-electron chi connectivity index (χ1n) is 16.0. The maximum atomic E-state index is 16.2. The lowest BCUT2D eigenvalue weighted by Gasteiger charge is -2.28. The van der Waals surface area contributed by atoms with E-state index in [0.29, 0.717) is 22.4 Å². The molecule has 0 saturated heterocycles. The zero-order valence-electron chi connectivity index (χ0n) is 30.2. The molecule has 0 radical (unpaired) electrons. The maximum absolute atomic E-state index is 16.2. The topological polar surface area (TPSA) is 168 Å². The van der Waals surface area contributed by atoms with Gasteiger partial charge in [-0.3, -0.25) is 14.5 Å². The summed E-state index contributed by atoms with van der Waals surface area (Å²) in [5, 5.41) is 9.26. The molecule has 4 aromatic rings. The first kappa shape index (κ1) is 39.5. The molecule has 0 fully saturated rings. The van der Waals surface area contributed by atoms with Crippen LogP contribution in [0.5, 0.6) is 5.75 Å². The van der Waals surface area contributed by atoms with Crippen molar-refractivity contribution < 1.29 is 37.4 Å². The fourth-order valence-corrected chi connectivity index (χ4v) is 5.40. The summed E-state index contributed by atoms with van der Waals surface area (Å²) in [6.45, 7) is 10.8. The summed E-state index contributed by atoms with van der Waals surface area (Å²) >= 11 is 6.62. The van der Waals surface area contributed by atoms with Crippen molar-refractivity contribution in [2.45, 2.75) is 78.7 Å². The molecule has 278 valence electrons. The number of halogens is 3. The molecule has 0 aliphatic carbocycles. The molecule has 1 aromatic heterocycles. The van der Waals surface area contributed by atoms with E-state index in [1.807, 2.05) is 0 Å². The number of methoxy groups -OCH3 is 1. The van der Waals surface area contributed by atoms with Gasteiger partial charge in [-0.2, -0.15) is 19.0 Å². The first-order chi connectivity index (χ1) is 24.2. The van der Waals surface area contributed by atoms with Crippen LogP contribution in [0, 0.1) is 6.92 Å². The average molecular weight is 742 g/mol. The third-order valence-electron chi connectivity index (χ3n) is 7.50. The summed E-state index contributed by atoms with van der Waals surface area (Å²) in [4.78, 5) is 40.8. The van der Waals surface area contributed by atoms with Crippen molar-refractivity contribution in [2.75, 3.05) is 7.11 Å². The van der Waals surface area contributed by atoms with E-state index >= 15 is 8.78 Å². The van der Waals surface area contributed by atoms with Gasteiger partial charge in [-0.15, -0.1) is 4.90 Å². The number of imide groups is 3. The maximum Gasteiger partial charge on any atom is 0.427 e. The molecule has 4 rings (SSSR count). The van der Waals surface area contributed by atoms with E-state index < -0.39 is 46.6 Å². The number of nitrogens with zero attached hydrogens (tertiary/aromatic N) is 5. The number of hydrogen-bond donors (Lipinski definition) is 2. The molecule has 13 nitrogen and oxygen atoms in total. The molecule has 0 aliphatic heterocycles. The monoisotopic (exact) mass is 741 g/mol. The Balaban J connectivity index is 1.74. The van der Waals surface area contributed by atoms with Crippen molar-refractivity contribution in [1.29, 1.82) is 0 Å². The van der Waals surface area contributed by atoms with E-state index in [1.165, 1.54) is 48.2 Å². The van der Waals surface area contributed by atoms with Crippen molar-refractivity contribution in [2.24, 2.45) is 16.8 Å². The number of nitrogens with two attached hydrogens (primary N) is 2. The Morgan fingerprint density at radius 1 is 0.942 bits per heavy atom. The first-order valence-corrected chi connectivity index (χ1v) is 16.4. The second-order valence-corrected chi connectivity index (χ2v) is 14.3. The number of carbonyl (C=O) groups excluding carboxylic acids is 3. The molecule has 0 bridgehead atoms. The van der Waals surface area contributed by atoms with Crippen molar-refractivity contribution in [3.8, 4) is 5.75 Å². The number of benzene rings is 3. The fraction of sp³-hybridized carbons (Fsp3) is 0.361. The number of ether oxygens (including phenoxy) is 3. The molecular weight excluding hydrogens is 700 g/mol. The summed E-state index contributed by atoms with van der Waals surface area (Å²) in [6, 6.07) is 14.9. The van der Waals surface area contributed by atoms with Gasteiger partial charge < -0.3 is 20.1 Å². The zero-order valence-corrected chi connectivity index (χ0v) is 30.9. The van der Waals surface area contributed by atoms with Crippen molar-refractivity contribution in [1.82, 2.24) is 19.7 Å². The smallest absolute Gasteiger partial charge is 0.427 e. The van der Waals surface area contributed by atoms with Crippen LogP contribution in [-0.2, 0) is 28.5 Å². The number of aromatic nitrogens is 2. The van der Waals surface area contributed by atoms with Crippen LogP contribution in [0.2, 0.25) is 5.02 Å². The number of alkyl halides is 2. The van der Waals surface area contributed by atoms with Gasteiger partial charge in [-0.1, -0.05) is 41.9 Å². The Bertz CT molecular complexity index is 1980. The number of hydrazine groups is 1. The Morgan fingerprint density at radius 3 is 2.08 bits per heavy atom. The molecule has 0 aliphatic rings. The predicted molar refractivity (Wildman–Crippen MR) is 192 cm³/mol. The number of fused-ring (bicyclic) bond motifs is 1. The summed E-state index contributed by atoms with van der Waals surface area (Å²) in [5.74, 6) is 6.40. The minimum atomic E-state index is -3.76. The van der Waals surface area contributed by atoms with Gasteiger partial charge >= 0.3 is 18.1 Å². The SMILES string of the molecule is COc1ccc(CN(N)/C(=N\N)C(F)(F)c2ccc3c(C)nn(Cc4c(Cl)cccc4C(=O)N(C(=O)OC(C)(C)C)C(=O)OC(C)(C)C)c3c2)cc1. The molecule has 3 aromatic carbocycles. The fourth-order valence-electron chi connectivity index (χ4n) is 5.17. The molecule has 0 atom stereocenters. The summed E-state index contributed by atoms with van der Waals surface area (Å²) in [6.07, 6.45) is -2.52. The standard InChI is InChI=1S/C36H42ClF2N7O6/c1-21-25-17-14-23(36(38,39)31(42-40)44(41)19-22-12-15-24(50-8)16-13-22)18-29(25)45(43-21)20-27-26(10-9-11-28(27)37)30(47)46(32(48)51-34(2,3)4)33(49)52-35(5,6)7/h9-18H,19-20,40-41H2,1-8H3/b42-31-. The van der Waals surface area contributed by atoms with Crippen LogP contribution in [0.25, 0.3) is 10.9 Å². The highest BCUT2D eigenvalue weighted by Crippen LogP contribution is 2.35. The minimum absolute atomic E-state index is 0.0804. The number of aryl methyl sites for hydroxylation is 1. The number of hydrogen-bond acceptors (Lipinski definition) is 10. The molecule has 0 unspecified atom stereocenters. The summed E-state index contributed by atoms with van der Waals surface area (Å²) in [5.41, 5.74) is -1.29. The molecule has 1 heterocycles. The Morgan fingerprint density at radius 2 is 1.54 bits per heavy atom. The quantitative estimate of drug-likeness (QED) is 0.0822. The van der Waals surface area contributed by atoms with Crippen LogP contribution in [0.1, 0.15) is 74.3 Å². The highest BCUT2D eigenvalue weighted by Gasteiger charge is 2.42. The second kappa shape index (κ2) is 15.1. The highest BCUT2D eigenvalue weighted by atomic mass is 35.5. The lowest BCUT2D eigenvalue weighted by atomic mass is 10.0. The third kappa shape index (κ3) is 8.95. The normalized spacial score (nSPS) is 12.4. The zero-order chi connectivity index (χ0) is 38.8. The van der Waals surface area contributed by atoms with Crippen molar-refractivity contribution in [3.63, 3.8) is 0 Å². The second-order valence-electron chi connectivity index (χ2n) is 13.8. The number of rotatable bonds is 8. The third-order valence-corrected chi connectivity index (χ3v) is 7.85. The van der Waals surface area contributed by atoms with Gasteiger partial charge in [0.05, 0.1) is 31.4 Å². The molecule has 16 heteroatoms. The van der Waals surface area contributed by atoms with Crippen LogP contribution >= 0.6 is 11.6 Å². The van der Waals surface area contributed by atoms with E-state index in [0.717, 1.165) is 5.01 Å². The van der Waals surface area contributed by atoms with Crippen molar-refractivity contribution >= 4 is 46.4 Å². The lowest BCUT2D eigenvalue weighted by Crippen LogP contribution is -2.47. The minimum Gasteiger partial charge on any atom is -0.497 e. The van der Waals surface area contributed by atoms with Gasteiger partial charge in [0.1, 0.15) is 17.0 Å². The molecule has 0 spiro atoms. The van der Waals surface area contributed by atoms with E-state index in [1.54, 1.807) is 72.7 Å². The number of hydrazone groups is 1. The summed E-state index contributed by atoms with van der Waals surface area (Å²) in [7, 11) is 1.51. The van der Waals surface area contributed by atoms with E-state index in [4.69, 9.17) is 37.5 Å². The molecular formula is C36H42ClF2N7O6. The van der Waals surface area contributed by atoms with Gasteiger partial charge in [-0.25, -0.2) is 15.4 Å². The van der Waals surface area contributed by atoms with Gasteiger partial charge in [-0.05, 0) is 84.4 Å². The van der Waals surface area contributed by atoms with Gasteiger partial charge in [0.25, 0.3) is 5.91 Å². The Labute approximate surface area is 305 Å². The van der Waals surface area contributed by atoms with Crippen LogP contribution in [0.15, 0.2) is 65.8 Å². The van der Waals surface area contributed by atoms with Crippen molar-refractivity contribution in [3.05, 3.63) is 93.6 Å². The number of carbonyl (C=O) groups is 3. The van der Waals surface area contributed by atoms with Gasteiger partial charge in [0.15, 0.2) is 0 Å². The van der Waals surface area contributed by atoms with Gasteiger partial charge in [0.2, 0.25) is 5.84 Å². The molecule has 52 heavy (non-hydrogen) atoms. The van der Waals surface area contributed by atoms with Gasteiger partial charge in [0, 0.05) is 27.1 Å². The number of amidine groups is 1. The molecule has 4 N–H and O–H groups in total. The van der Waals surface area contributed by atoms with Crippen LogP contribution < -0.4 is 16.4 Å². The van der Waals surface area contributed by atoms with E-state index in [2.05, 4.69) is 10.2 Å². The van der Waals surface area contributed by atoms with E-state index in [-0.39, 0.29) is 39.7 Å². The number of amides is 3. The lowest BCUT2D eigenvalue weighted by molar-refractivity contribution is 0.00391. The van der Waals surface area contributed by atoms with Crippen LogP contribution in [0.3, 0.4) is 0 Å². The molecule has 3 amide bonds. The molecule has 0 saturated carbocycles.